The van der Waals surface area contributed by atoms with Crippen molar-refractivity contribution in [2.75, 3.05) is 5.73 Å². The first kappa shape index (κ1) is 14.1. The molecule has 0 unspecified atom stereocenters. The molecule has 2 aromatic heterocycles. The Morgan fingerprint density at radius 2 is 2.19 bits per heavy atom. The molecule has 3 N–H and O–H groups in total. The minimum absolute atomic E-state index is 0.159. The van der Waals surface area contributed by atoms with Crippen LogP contribution in [0.3, 0.4) is 0 Å². The van der Waals surface area contributed by atoms with E-state index in [4.69, 9.17) is 5.73 Å². The van der Waals surface area contributed by atoms with Crippen LogP contribution in [0.2, 0.25) is 0 Å². The van der Waals surface area contributed by atoms with Crippen LogP contribution < -0.4 is 11.4 Å². The Morgan fingerprint density at radius 1 is 1.43 bits per heavy atom. The van der Waals surface area contributed by atoms with Crippen molar-refractivity contribution < 1.29 is 0 Å². The lowest BCUT2D eigenvalue weighted by Crippen LogP contribution is -2.16. The summed E-state index contributed by atoms with van der Waals surface area (Å²) in [6, 6.07) is 0.272. The lowest BCUT2D eigenvalue weighted by Gasteiger charge is -2.09. The summed E-state index contributed by atoms with van der Waals surface area (Å²) in [6.45, 7) is 3.96. The highest BCUT2D eigenvalue weighted by Crippen LogP contribution is 2.38. The fourth-order valence-corrected chi connectivity index (χ4v) is 3.10. The largest absolute Gasteiger partial charge is 0.383 e. The van der Waals surface area contributed by atoms with Gasteiger partial charge in [0.25, 0.3) is 0 Å². The average molecular weight is 306 g/mol. The van der Waals surface area contributed by atoms with Crippen molar-refractivity contribution in [3.8, 4) is 0 Å². The SMILES string of the molecule is CCCc1nc(N)c(C)c(Sc2n[nH]c(=O)n2C2CC2)n1. The molecular formula is C13H18N6OS. The fourth-order valence-electron chi connectivity index (χ4n) is 2.10. The van der Waals surface area contributed by atoms with Gasteiger partial charge in [-0.3, -0.25) is 4.57 Å². The van der Waals surface area contributed by atoms with E-state index in [0.717, 1.165) is 42.1 Å². The van der Waals surface area contributed by atoms with Crippen molar-refractivity contribution >= 4 is 17.6 Å². The number of aromatic amines is 1. The summed E-state index contributed by atoms with van der Waals surface area (Å²) >= 11 is 1.37. The van der Waals surface area contributed by atoms with Gasteiger partial charge in [-0.15, -0.1) is 5.10 Å². The number of nitrogens with two attached hydrogens (primary N) is 1. The van der Waals surface area contributed by atoms with Crippen molar-refractivity contribution in [2.24, 2.45) is 0 Å². The lowest BCUT2D eigenvalue weighted by molar-refractivity contribution is 0.641. The Morgan fingerprint density at radius 3 is 2.86 bits per heavy atom. The third kappa shape index (κ3) is 2.80. The maximum Gasteiger partial charge on any atom is 0.344 e. The molecule has 1 aliphatic rings. The second kappa shape index (κ2) is 5.51. The third-order valence-corrected chi connectivity index (χ3v) is 4.49. The van der Waals surface area contributed by atoms with Crippen LogP contribution in [-0.4, -0.2) is 24.7 Å². The molecule has 0 bridgehead atoms. The number of anilines is 1. The molecule has 0 radical (unpaired) electrons. The zero-order valence-corrected chi connectivity index (χ0v) is 12.9. The standard InChI is InChI=1S/C13H18N6OS/c1-3-4-9-15-10(14)7(2)11(16-9)21-13-18-17-12(20)19(13)8-5-6-8/h8H,3-6H2,1-2H3,(H,17,20)(H2,14,15,16). The van der Waals surface area contributed by atoms with Crippen LogP contribution in [0.4, 0.5) is 5.82 Å². The second-order valence-electron chi connectivity index (χ2n) is 5.22. The van der Waals surface area contributed by atoms with Crippen LogP contribution in [0.15, 0.2) is 15.0 Å². The maximum absolute atomic E-state index is 11.8. The molecular weight excluding hydrogens is 288 g/mol. The average Bonchev–Trinajstić information content (AvgIpc) is 3.21. The molecule has 1 saturated carbocycles. The number of nitrogens with one attached hydrogen (secondary N) is 1. The van der Waals surface area contributed by atoms with Gasteiger partial charge in [-0.05, 0) is 37.9 Å². The van der Waals surface area contributed by atoms with E-state index in [1.54, 1.807) is 4.57 Å². The molecule has 0 aromatic carbocycles. The summed E-state index contributed by atoms with van der Waals surface area (Å²) in [5, 5.41) is 8.04. The summed E-state index contributed by atoms with van der Waals surface area (Å²) < 4.78 is 1.71. The van der Waals surface area contributed by atoms with Gasteiger partial charge in [0.2, 0.25) is 0 Å². The Bertz CT molecular complexity index is 718. The zero-order chi connectivity index (χ0) is 15.0. The molecule has 8 heteroatoms. The molecule has 3 rings (SSSR count). The monoisotopic (exact) mass is 306 g/mol. The summed E-state index contributed by atoms with van der Waals surface area (Å²) in [5.74, 6) is 1.23. The summed E-state index contributed by atoms with van der Waals surface area (Å²) in [6.07, 6.45) is 3.80. The van der Waals surface area contributed by atoms with E-state index in [0.29, 0.717) is 11.0 Å². The van der Waals surface area contributed by atoms with Crippen LogP contribution in [0.25, 0.3) is 0 Å². The van der Waals surface area contributed by atoms with Crippen molar-refractivity contribution in [3.63, 3.8) is 0 Å². The Kier molecular flexibility index (Phi) is 3.71. The van der Waals surface area contributed by atoms with Gasteiger partial charge in [-0.25, -0.2) is 19.9 Å². The molecule has 0 amide bonds. The molecule has 112 valence electrons. The molecule has 2 aromatic rings. The molecule has 0 aliphatic heterocycles. The summed E-state index contributed by atoms with van der Waals surface area (Å²) in [4.78, 5) is 20.7. The van der Waals surface area contributed by atoms with Crippen molar-refractivity contribution in [1.29, 1.82) is 0 Å². The van der Waals surface area contributed by atoms with Crippen LogP contribution in [-0.2, 0) is 6.42 Å². The van der Waals surface area contributed by atoms with E-state index in [2.05, 4.69) is 27.1 Å². The quantitative estimate of drug-likeness (QED) is 0.815. The van der Waals surface area contributed by atoms with Gasteiger partial charge in [-0.2, -0.15) is 0 Å². The predicted octanol–water partition coefficient (Wildman–Crippen LogP) is 1.69. The van der Waals surface area contributed by atoms with Crippen LogP contribution in [0.5, 0.6) is 0 Å². The van der Waals surface area contributed by atoms with Crippen LogP contribution >= 0.6 is 11.8 Å². The van der Waals surface area contributed by atoms with Gasteiger partial charge < -0.3 is 5.73 Å². The molecule has 0 atom stereocenters. The molecule has 7 nitrogen and oxygen atoms in total. The third-order valence-electron chi connectivity index (χ3n) is 3.43. The molecule has 0 saturated heterocycles. The number of H-pyrrole nitrogens is 1. The Labute approximate surface area is 126 Å². The van der Waals surface area contributed by atoms with Gasteiger partial charge in [0.15, 0.2) is 5.16 Å². The molecule has 1 aliphatic carbocycles. The topological polar surface area (TPSA) is 102 Å². The second-order valence-corrected chi connectivity index (χ2v) is 6.18. The highest BCUT2D eigenvalue weighted by atomic mass is 32.2. The molecule has 21 heavy (non-hydrogen) atoms. The molecule has 2 heterocycles. The van der Waals surface area contributed by atoms with E-state index < -0.39 is 0 Å². The van der Waals surface area contributed by atoms with E-state index in [-0.39, 0.29) is 11.7 Å². The van der Waals surface area contributed by atoms with E-state index in [1.165, 1.54) is 11.8 Å². The minimum atomic E-state index is -0.159. The minimum Gasteiger partial charge on any atom is -0.383 e. The van der Waals surface area contributed by atoms with Gasteiger partial charge in [0.05, 0.1) is 0 Å². The first-order chi connectivity index (χ1) is 10.1. The van der Waals surface area contributed by atoms with Crippen LogP contribution in [0, 0.1) is 6.92 Å². The van der Waals surface area contributed by atoms with Gasteiger partial charge in [0, 0.05) is 18.0 Å². The number of rotatable bonds is 5. The predicted molar refractivity (Wildman–Crippen MR) is 80.4 cm³/mol. The maximum atomic E-state index is 11.8. The van der Waals surface area contributed by atoms with Crippen molar-refractivity contribution in [1.82, 2.24) is 24.7 Å². The normalized spacial score (nSPS) is 14.6. The van der Waals surface area contributed by atoms with E-state index >= 15 is 0 Å². The highest BCUT2D eigenvalue weighted by molar-refractivity contribution is 7.99. The number of aryl methyl sites for hydroxylation is 1. The summed E-state index contributed by atoms with van der Waals surface area (Å²) in [7, 11) is 0. The van der Waals surface area contributed by atoms with Crippen molar-refractivity contribution in [2.45, 2.75) is 55.8 Å². The highest BCUT2D eigenvalue weighted by Gasteiger charge is 2.29. The molecule has 0 spiro atoms. The Hall–Kier alpha value is -1.83. The zero-order valence-electron chi connectivity index (χ0n) is 12.1. The van der Waals surface area contributed by atoms with E-state index in [9.17, 15) is 4.79 Å². The number of nitrogen functional groups attached to an aromatic ring is 1. The van der Waals surface area contributed by atoms with Gasteiger partial charge in [-0.1, -0.05) is 6.92 Å². The van der Waals surface area contributed by atoms with E-state index in [1.807, 2.05) is 6.92 Å². The smallest absolute Gasteiger partial charge is 0.344 e. The van der Waals surface area contributed by atoms with Crippen molar-refractivity contribution in [3.05, 3.63) is 21.9 Å². The lowest BCUT2D eigenvalue weighted by atomic mass is 10.3. The number of hydrogen-bond acceptors (Lipinski definition) is 6. The first-order valence-electron chi connectivity index (χ1n) is 7.08. The van der Waals surface area contributed by atoms with Gasteiger partial charge in [0.1, 0.15) is 16.7 Å². The first-order valence-corrected chi connectivity index (χ1v) is 7.89. The number of hydrogen-bond donors (Lipinski definition) is 2. The molecule has 1 fully saturated rings. The van der Waals surface area contributed by atoms with Gasteiger partial charge >= 0.3 is 5.69 Å². The number of nitrogens with zero attached hydrogens (tertiary/aromatic N) is 4. The number of aromatic nitrogens is 5. The summed E-state index contributed by atoms with van der Waals surface area (Å²) in [5.41, 5.74) is 6.63. The van der Waals surface area contributed by atoms with Crippen LogP contribution in [0.1, 0.15) is 43.6 Å². The Balaban J connectivity index is 1.96. The fraction of sp³-hybridized carbons (Fsp3) is 0.538.